The number of hydrogen-bond acceptors (Lipinski definition) is 3. The Hall–Kier alpha value is -0.120. The Morgan fingerprint density at radius 2 is 2.00 bits per heavy atom. The lowest BCUT2D eigenvalue weighted by Gasteiger charge is -2.37. The molecule has 0 aromatic carbocycles. The lowest BCUT2D eigenvalue weighted by atomic mass is 9.74. The first kappa shape index (κ1) is 9.44. The molecule has 3 heteroatoms. The van der Waals surface area contributed by atoms with Crippen molar-refractivity contribution in [1.29, 1.82) is 0 Å². The molecule has 2 rings (SSSR count). The molecule has 2 aliphatic rings. The fourth-order valence-corrected chi connectivity index (χ4v) is 3.12. The molecule has 76 valence electrons. The van der Waals surface area contributed by atoms with E-state index in [0.29, 0.717) is 0 Å². The Bertz CT molecular complexity index is 197. The fraction of sp³-hybridized carbons (Fsp3) is 1.00. The molecule has 0 radical (unpaired) electrons. The highest BCUT2D eigenvalue weighted by Gasteiger charge is 2.50. The third-order valence-corrected chi connectivity index (χ3v) is 3.78. The molecule has 2 atom stereocenters. The van der Waals surface area contributed by atoms with Crippen LogP contribution in [0.2, 0.25) is 0 Å². The standard InChI is InChI=1S/C10H20N2O/c1-9(13)6-8(11)10(7-9)2-4-12-5-3-10/h8,12-13H,2-7,11H2,1H3. The highest BCUT2D eigenvalue weighted by molar-refractivity contribution is 5.05. The molecule has 13 heavy (non-hydrogen) atoms. The van der Waals surface area contributed by atoms with Crippen LogP contribution in [0.3, 0.4) is 0 Å². The summed E-state index contributed by atoms with van der Waals surface area (Å²) in [5.41, 5.74) is 5.85. The van der Waals surface area contributed by atoms with Crippen molar-refractivity contribution in [3.8, 4) is 0 Å². The Labute approximate surface area is 79.7 Å². The van der Waals surface area contributed by atoms with Crippen molar-refractivity contribution in [3.05, 3.63) is 0 Å². The van der Waals surface area contributed by atoms with Gasteiger partial charge in [-0.1, -0.05) is 0 Å². The van der Waals surface area contributed by atoms with Crippen molar-refractivity contribution in [3.63, 3.8) is 0 Å². The maximum absolute atomic E-state index is 9.98. The first-order valence-electron chi connectivity index (χ1n) is 5.23. The Balaban J connectivity index is 2.13. The van der Waals surface area contributed by atoms with Crippen molar-refractivity contribution in [1.82, 2.24) is 5.32 Å². The molecule has 1 saturated carbocycles. The predicted molar refractivity (Wildman–Crippen MR) is 52.4 cm³/mol. The van der Waals surface area contributed by atoms with Crippen molar-refractivity contribution in [2.45, 2.75) is 44.2 Å². The van der Waals surface area contributed by atoms with E-state index in [0.717, 1.165) is 38.8 Å². The van der Waals surface area contributed by atoms with Crippen molar-refractivity contribution in [2.24, 2.45) is 11.1 Å². The highest BCUT2D eigenvalue weighted by Crippen LogP contribution is 2.48. The minimum atomic E-state index is -0.517. The summed E-state index contributed by atoms with van der Waals surface area (Å²) in [6.07, 6.45) is 3.92. The van der Waals surface area contributed by atoms with E-state index >= 15 is 0 Å². The van der Waals surface area contributed by atoms with Gasteiger partial charge in [-0.15, -0.1) is 0 Å². The largest absolute Gasteiger partial charge is 0.390 e. The highest BCUT2D eigenvalue weighted by atomic mass is 16.3. The van der Waals surface area contributed by atoms with Crippen molar-refractivity contribution in [2.75, 3.05) is 13.1 Å². The average Bonchev–Trinajstić information content (AvgIpc) is 2.23. The molecule has 0 amide bonds. The second kappa shape index (κ2) is 2.94. The SMILES string of the molecule is CC1(O)CC(N)C2(CCNCC2)C1. The number of aliphatic hydroxyl groups is 1. The molecule has 0 aromatic heterocycles. The van der Waals surface area contributed by atoms with Gasteiger partial charge in [0.2, 0.25) is 0 Å². The number of hydrogen-bond donors (Lipinski definition) is 3. The molecule has 3 nitrogen and oxygen atoms in total. The van der Waals surface area contributed by atoms with Crippen LogP contribution in [0.1, 0.15) is 32.6 Å². The second-order valence-corrected chi connectivity index (χ2v) is 5.10. The van der Waals surface area contributed by atoms with E-state index in [1.807, 2.05) is 6.92 Å². The molecular weight excluding hydrogens is 164 g/mol. The maximum atomic E-state index is 9.98. The van der Waals surface area contributed by atoms with Crippen molar-refractivity contribution >= 4 is 0 Å². The summed E-state index contributed by atoms with van der Waals surface area (Å²) in [5, 5.41) is 13.3. The molecule has 1 aliphatic carbocycles. The van der Waals surface area contributed by atoms with Gasteiger partial charge < -0.3 is 16.2 Å². The van der Waals surface area contributed by atoms with Crippen LogP contribution in [-0.4, -0.2) is 29.8 Å². The summed E-state index contributed by atoms with van der Waals surface area (Å²) in [5.74, 6) is 0. The molecule has 2 fully saturated rings. The Kier molecular flexibility index (Phi) is 2.13. The van der Waals surface area contributed by atoms with Crippen LogP contribution in [0.4, 0.5) is 0 Å². The smallest absolute Gasteiger partial charge is 0.0640 e. The molecule has 0 aromatic rings. The molecule has 0 bridgehead atoms. The molecule has 1 aliphatic heterocycles. The van der Waals surface area contributed by atoms with Crippen LogP contribution in [0, 0.1) is 5.41 Å². The van der Waals surface area contributed by atoms with Gasteiger partial charge in [0.15, 0.2) is 0 Å². The van der Waals surface area contributed by atoms with Gasteiger partial charge in [0.05, 0.1) is 5.60 Å². The van der Waals surface area contributed by atoms with Crippen LogP contribution in [-0.2, 0) is 0 Å². The summed E-state index contributed by atoms with van der Waals surface area (Å²) in [4.78, 5) is 0. The van der Waals surface area contributed by atoms with Gasteiger partial charge in [-0.2, -0.15) is 0 Å². The van der Waals surface area contributed by atoms with Gasteiger partial charge in [-0.3, -0.25) is 0 Å². The zero-order chi connectivity index (χ0) is 9.53. The fourth-order valence-electron chi connectivity index (χ4n) is 3.12. The van der Waals surface area contributed by atoms with E-state index < -0.39 is 5.60 Å². The molecular formula is C10H20N2O. The zero-order valence-electron chi connectivity index (χ0n) is 8.34. The van der Waals surface area contributed by atoms with Gasteiger partial charge in [-0.25, -0.2) is 0 Å². The first-order chi connectivity index (χ1) is 6.04. The van der Waals surface area contributed by atoms with Gasteiger partial charge in [0.25, 0.3) is 0 Å². The topological polar surface area (TPSA) is 58.3 Å². The third kappa shape index (κ3) is 1.60. The van der Waals surface area contributed by atoms with E-state index in [4.69, 9.17) is 5.73 Å². The number of nitrogens with one attached hydrogen (secondary N) is 1. The molecule has 1 heterocycles. The normalized spacial score (nSPS) is 44.1. The Morgan fingerprint density at radius 3 is 2.46 bits per heavy atom. The first-order valence-corrected chi connectivity index (χ1v) is 5.23. The number of nitrogens with two attached hydrogens (primary N) is 1. The summed E-state index contributed by atoms with van der Waals surface area (Å²) in [6.45, 7) is 4.04. The van der Waals surface area contributed by atoms with E-state index in [2.05, 4.69) is 5.32 Å². The summed E-state index contributed by atoms with van der Waals surface area (Å²) < 4.78 is 0. The van der Waals surface area contributed by atoms with E-state index in [9.17, 15) is 5.11 Å². The summed E-state index contributed by atoms with van der Waals surface area (Å²) in [6, 6.07) is 0.199. The Morgan fingerprint density at radius 1 is 1.38 bits per heavy atom. The van der Waals surface area contributed by atoms with Crippen LogP contribution in [0.15, 0.2) is 0 Å². The molecule has 1 saturated heterocycles. The lowest BCUT2D eigenvalue weighted by molar-refractivity contribution is 0.0467. The molecule has 2 unspecified atom stereocenters. The van der Waals surface area contributed by atoms with E-state index in [-0.39, 0.29) is 11.5 Å². The minimum absolute atomic E-state index is 0.199. The molecule has 1 spiro atoms. The van der Waals surface area contributed by atoms with Crippen molar-refractivity contribution < 1.29 is 5.11 Å². The third-order valence-electron chi connectivity index (χ3n) is 3.78. The van der Waals surface area contributed by atoms with Crippen LogP contribution in [0.25, 0.3) is 0 Å². The zero-order valence-corrected chi connectivity index (χ0v) is 8.34. The monoisotopic (exact) mass is 184 g/mol. The maximum Gasteiger partial charge on any atom is 0.0640 e. The second-order valence-electron chi connectivity index (χ2n) is 5.10. The van der Waals surface area contributed by atoms with Crippen LogP contribution in [0.5, 0.6) is 0 Å². The lowest BCUT2D eigenvalue weighted by Crippen LogP contribution is -2.45. The van der Waals surface area contributed by atoms with Gasteiger partial charge in [0, 0.05) is 6.04 Å². The van der Waals surface area contributed by atoms with Gasteiger partial charge >= 0.3 is 0 Å². The van der Waals surface area contributed by atoms with Crippen LogP contribution >= 0.6 is 0 Å². The average molecular weight is 184 g/mol. The van der Waals surface area contributed by atoms with Gasteiger partial charge in [0.1, 0.15) is 0 Å². The minimum Gasteiger partial charge on any atom is -0.390 e. The van der Waals surface area contributed by atoms with Crippen LogP contribution < -0.4 is 11.1 Å². The quantitative estimate of drug-likeness (QED) is 0.505. The van der Waals surface area contributed by atoms with E-state index in [1.165, 1.54) is 0 Å². The predicted octanol–water partition coefficient (Wildman–Crippen LogP) is 0.228. The number of rotatable bonds is 0. The summed E-state index contributed by atoms with van der Waals surface area (Å²) >= 11 is 0. The van der Waals surface area contributed by atoms with Gasteiger partial charge in [-0.05, 0) is 51.1 Å². The van der Waals surface area contributed by atoms with E-state index in [1.54, 1.807) is 0 Å². The number of piperidine rings is 1. The summed E-state index contributed by atoms with van der Waals surface area (Å²) in [7, 11) is 0. The molecule has 4 N–H and O–H groups in total.